The van der Waals surface area contributed by atoms with Gasteiger partial charge in [0.25, 0.3) is 5.72 Å². The van der Waals surface area contributed by atoms with E-state index in [9.17, 15) is 23.1 Å². The average molecular weight is 370 g/mol. The van der Waals surface area contributed by atoms with Crippen molar-refractivity contribution in [1.82, 2.24) is 5.01 Å². The number of halogens is 3. The van der Waals surface area contributed by atoms with Crippen LogP contribution in [0.15, 0.2) is 29.4 Å². The van der Waals surface area contributed by atoms with Crippen LogP contribution in [0.2, 0.25) is 0 Å². The SMILES string of the molecule is COc1ccc(CC(=O)N2N=C3CCCCC[C@H]3[C@@]2(O)C(F)(F)F)cc1. The molecule has 5 nitrogen and oxygen atoms in total. The molecule has 1 heterocycles. The maximum absolute atomic E-state index is 13.8. The summed E-state index contributed by atoms with van der Waals surface area (Å²) in [6.45, 7) is 0. The molecule has 0 saturated heterocycles. The van der Waals surface area contributed by atoms with Crippen molar-refractivity contribution in [1.29, 1.82) is 0 Å². The molecular formula is C18H21F3N2O3. The Hall–Kier alpha value is -2.09. The zero-order chi connectivity index (χ0) is 18.9. The van der Waals surface area contributed by atoms with E-state index in [0.29, 0.717) is 30.6 Å². The minimum atomic E-state index is -4.98. The molecule has 26 heavy (non-hydrogen) atoms. The zero-order valence-corrected chi connectivity index (χ0v) is 14.4. The molecule has 1 aliphatic carbocycles. The summed E-state index contributed by atoms with van der Waals surface area (Å²) in [6.07, 6.45) is -2.65. The Labute approximate surface area is 149 Å². The van der Waals surface area contributed by atoms with Gasteiger partial charge in [-0.05, 0) is 37.0 Å². The van der Waals surface area contributed by atoms with Crippen LogP contribution in [0.25, 0.3) is 0 Å². The lowest BCUT2D eigenvalue weighted by atomic mass is 9.87. The minimum Gasteiger partial charge on any atom is -0.497 e. The number of hydrogen-bond donors (Lipinski definition) is 1. The first-order chi connectivity index (χ1) is 12.3. The molecule has 1 aromatic carbocycles. The lowest BCUT2D eigenvalue weighted by Gasteiger charge is -2.37. The second kappa shape index (κ2) is 6.90. The van der Waals surface area contributed by atoms with Crippen molar-refractivity contribution in [2.24, 2.45) is 11.0 Å². The fraction of sp³-hybridized carbons (Fsp3) is 0.556. The van der Waals surface area contributed by atoms with Crippen molar-refractivity contribution in [3.63, 3.8) is 0 Å². The smallest absolute Gasteiger partial charge is 0.439 e. The number of nitrogens with zero attached hydrogens (tertiary/aromatic N) is 2. The average Bonchev–Trinajstić information content (AvgIpc) is 2.74. The summed E-state index contributed by atoms with van der Waals surface area (Å²) >= 11 is 0. The molecule has 1 fully saturated rings. The molecule has 142 valence electrons. The van der Waals surface area contributed by atoms with E-state index in [1.165, 1.54) is 7.11 Å². The number of aliphatic hydroxyl groups is 1. The highest BCUT2D eigenvalue weighted by Gasteiger charge is 2.68. The number of rotatable bonds is 3. The first kappa shape index (κ1) is 18.7. The molecule has 2 aliphatic rings. The molecule has 1 aliphatic heterocycles. The highest BCUT2D eigenvalue weighted by Crippen LogP contribution is 2.47. The second-order valence-corrected chi connectivity index (χ2v) is 6.70. The lowest BCUT2D eigenvalue weighted by Crippen LogP contribution is -2.61. The van der Waals surface area contributed by atoms with Crippen molar-refractivity contribution >= 4 is 11.6 Å². The Kier molecular flexibility index (Phi) is 4.96. The fourth-order valence-electron chi connectivity index (χ4n) is 3.63. The van der Waals surface area contributed by atoms with Gasteiger partial charge in [0, 0.05) is 5.71 Å². The maximum Gasteiger partial charge on any atom is 0.439 e. The third-order valence-electron chi connectivity index (χ3n) is 5.03. The number of fused-ring (bicyclic) bond motifs is 1. The number of ether oxygens (including phenoxy) is 1. The summed E-state index contributed by atoms with van der Waals surface area (Å²) in [7, 11) is 1.49. The minimum absolute atomic E-state index is 0.168. The third kappa shape index (κ3) is 3.18. The molecule has 1 amide bonds. The van der Waals surface area contributed by atoms with Crippen molar-refractivity contribution in [3.8, 4) is 5.75 Å². The van der Waals surface area contributed by atoms with Crippen LogP contribution >= 0.6 is 0 Å². The molecule has 2 atom stereocenters. The van der Waals surface area contributed by atoms with Gasteiger partial charge < -0.3 is 9.84 Å². The topological polar surface area (TPSA) is 62.1 Å². The number of carbonyl (C=O) groups is 1. The van der Waals surface area contributed by atoms with Crippen LogP contribution in [-0.2, 0) is 11.2 Å². The van der Waals surface area contributed by atoms with Crippen LogP contribution < -0.4 is 4.74 Å². The summed E-state index contributed by atoms with van der Waals surface area (Å²) in [5.74, 6) is -1.49. The van der Waals surface area contributed by atoms with Gasteiger partial charge in [-0.2, -0.15) is 23.3 Å². The van der Waals surface area contributed by atoms with Gasteiger partial charge in [-0.1, -0.05) is 25.0 Å². The molecule has 1 aromatic rings. The van der Waals surface area contributed by atoms with Gasteiger partial charge >= 0.3 is 6.18 Å². The molecule has 0 radical (unpaired) electrons. The number of carbonyl (C=O) groups excluding carboxylic acids is 1. The molecule has 0 unspecified atom stereocenters. The number of hydrazone groups is 1. The largest absolute Gasteiger partial charge is 0.497 e. The summed E-state index contributed by atoms with van der Waals surface area (Å²) in [6, 6.07) is 6.45. The van der Waals surface area contributed by atoms with E-state index in [0.717, 1.165) is 6.42 Å². The highest BCUT2D eigenvalue weighted by atomic mass is 19.4. The number of hydrogen-bond acceptors (Lipinski definition) is 4. The van der Waals surface area contributed by atoms with Crippen LogP contribution in [0.1, 0.15) is 37.7 Å². The monoisotopic (exact) mass is 370 g/mol. The van der Waals surface area contributed by atoms with Crippen molar-refractivity contribution in [2.45, 2.75) is 50.4 Å². The molecule has 3 rings (SSSR count). The molecule has 8 heteroatoms. The summed E-state index contributed by atoms with van der Waals surface area (Å²) < 4.78 is 46.3. The number of benzene rings is 1. The van der Waals surface area contributed by atoms with E-state index >= 15 is 0 Å². The molecular weight excluding hydrogens is 349 g/mol. The van der Waals surface area contributed by atoms with Crippen LogP contribution in [0, 0.1) is 5.92 Å². The maximum atomic E-state index is 13.8. The van der Waals surface area contributed by atoms with Crippen molar-refractivity contribution in [2.75, 3.05) is 7.11 Å². The first-order valence-corrected chi connectivity index (χ1v) is 8.60. The third-order valence-corrected chi connectivity index (χ3v) is 5.03. The first-order valence-electron chi connectivity index (χ1n) is 8.60. The molecule has 0 bridgehead atoms. The molecule has 1 N–H and O–H groups in total. The van der Waals surface area contributed by atoms with Crippen molar-refractivity contribution < 1.29 is 27.8 Å². The Bertz CT molecular complexity index is 703. The van der Waals surface area contributed by atoms with Gasteiger partial charge in [0.15, 0.2) is 0 Å². The standard InChI is InChI=1S/C18H21F3N2O3/c1-26-13-9-7-12(8-10-13)11-16(24)23-17(25,18(19,20)21)14-5-3-2-4-6-15(14)22-23/h7-10,14,25H,2-6,11H2,1H3/t14-,17-/m1/s1. The van der Waals surface area contributed by atoms with Gasteiger partial charge in [-0.25, -0.2) is 0 Å². The summed E-state index contributed by atoms with van der Waals surface area (Å²) in [4.78, 5) is 12.6. The Morgan fingerprint density at radius 1 is 1.31 bits per heavy atom. The van der Waals surface area contributed by atoms with E-state index in [1.807, 2.05) is 0 Å². The quantitative estimate of drug-likeness (QED) is 0.888. The van der Waals surface area contributed by atoms with E-state index < -0.39 is 23.7 Å². The van der Waals surface area contributed by atoms with E-state index in [-0.39, 0.29) is 23.6 Å². The van der Waals surface area contributed by atoms with Crippen LogP contribution in [0.3, 0.4) is 0 Å². The zero-order valence-electron chi connectivity index (χ0n) is 14.4. The summed E-state index contributed by atoms with van der Waals surface area (Å²) in [5, 5.41) is 14.8. The number of methoxy groups -OCH3 is 1. The Morgan fingerprint density at radius 2 is 2.00 bits per heavy atom. The van der Waals surface area contributed by atoms with Gasteiger partial charge in [-0.15, -0.1) is 0 Å². The Morgan fingerprint density at radius 3 is 2.62 bits per heavy atom. The van der Waals surface area contributed by atoms with Gasteiger partial charge in [-0.3, -0.25) is 4.79 Å². The van der Waals surface area contributed by atoms with Crippen LogP contribution in [-0.4, -0.2) is 40.7 Å². The highest BCUT2D eigenvalue weighted by molar-refractivity contribution is 5.93. The number of alkyl halides is 3. The molecule has 0 spiro atoms. The van der Waals surface area contributed by atoms with Gasteiger partial charge in [0.05, 0.1) is 19.4 Å². The molecule has 1 saturated carbocycles. The van der Waals surface area contributed by atoms with E-state index in [2.05, 4.69) is 5.10 Å². The Balaban J connectivity index is 1.88. The van der Waals surface area contributed by atoms with Crippen molar-refractivity contribution in [3.05, 3.63) is 29.8 Å². The molecule has 0 aromatic heterocycles. The second-order valence-electron chi connectivity index (χ2n) is 6.70. The number of amides is 1. The van der Waals surface area contributed by atoms with E-state index in [4.69, 9.17) is 4.74 Å². The van der Waals surface area contributed by atoms with Gasteiger partial charge in [0.1, 0.15) is 5.75 Å². The normalized spacial score (nSPS) is 26.1. The predicted molar refractivity (Wildman–Crippen MR) is 88.6 cm³/mol. The lowest BCUT2D eigenvalue weighted by molar-refractivity contribution is -0.316. The van der Waals surface area contributed by atoms with E-state index in [1.54, 1.807) is 24.3 Å². The van der Waals surface area contributed by atoms with Gasteiger partial charge in [0.2, 0.25) is 5.91 Å². The van der Waals surface area contributed by atoms with Crippen LogP contribution in [0.5, 0.6) is 5.75 Å². The van der Waals surface area contributed by atoms with Crippen LogP contribution in [0.4, 0.5) is 13.2 Å². The fourth-order valence-corrected chi connectivity index (χ4v) is 3.63. The summed E-state index contributed by atoms with van der Waals surface area (Å²) in [5.41, 5.74) is -2.48. The predicted octanol–water partition coefficient (Wildman–Crippen LogP) is 3.27.